The Morgan fingerprint density at radius 1 is 0.720 bits per heavy atom. The Morgan fingerprint density at radius 3 is 1.40 bits per heavy atom. The van der Waals surface area contributed by atoms with E-state index in [1.54, 1.807) is 0 Å². The molecule has 0 radical (unpaired) electrons. The summed E-state index contributed by atoms with van der Waals surface area (Å²) < 4.78 is -0.320. The SMILES string of the molecule is C=C(O)CCSC(c1ccccc1)(c1ccccc1)c1ccccc1. The number of hydrogen-bond acceptors (Lipinski definition) is 2. The number of aliphatic hydroxyl groups excluding tert-OH is 1. The van der Waals surface area contributed by atoms with Crippen molar-refractivity contribution in [3.05, 3.63) is 120 Å². The highest BCUT2D eigenvalue weighted by atomic mass is 32.2. The molecular weight excluding hydrogens is 324 g/mol. The fraction of sp³-hybridized carbons (Fsp3) is 0.130. The molecule has 3 aromatic rings. The summed E-state index contributed by atoms with van der Waals surface area (Å²) in [5, 5.41) is 9.55. The lowest BCUT2D eigenvalue weighted by Gasteiger charge is -2.35. The molecule has 0 heterocycles. The van der Waals surface area contributed by atoms with Gasteiger partial charge in [0, 0.05) is 12.2 Å². The maximum atomic E-state index is 9.55. The number of thioether (sulfide) groups is 1. The Morgan fingerprint density at radius 2 is 1.08 bits per heavy atom. The normalized spacial score (nSPS) is 11.2. The number of allylic oxidation sites excluding steroid dienone is 1. The number of rotatable bonds is 7. The zero-order chi connectivity index (χ0) is 17.5. The third kappa shape index (κ3) is 3.80. The fourth-order valence-corrected chi connectivity index (χ4v) is 4.64. The summed E-state index contributed by atoms with van der Waals surface area (Å²) in [5.41, 5.74) is 3.71. The predicted molar refractivity (Wildman–Crippen MR) is 108 cm³/mol. The van der Waals surface area contributed by atoms with Gasteiger partial charge in [-0.3, -0.25) is 0 Å². The van der Waals surface area contributed by atoms with Crippen molar-refractivity contribution in [2.24, 2.45) is 0 Å². The Kier molecular flexibility index (Phi) is 5.62. The van der Waals surface area contributed by atoms with Crippen LogP contribution in [0.2, 0.25) is 0 Å². The van der Waals surface area contributed by atoms with Crippen LogP contribution in [0.3, 0.4) is 0 Å². The van der Waals surface area contributed by atoms with E-state index in [4.69, 9.17) is 0 Å². The van der Waals surface area contributed by atoms with E-state index in [0.29, 0.717) is 6.42 Å². The molecule has 0 spiro atoms. The second-order valence-corrected chi connectivity index (χ2v) is 7.25. The standard InChI is InChI=1S/C23H22OS/c1-19(24)17-18-25-23(20-11-5-2-6-12-20,21-13-7-3-8-14-21)22-15-9-4-10-16-22/h2-16,24H,1,17-18H2. The van der Waals surface area contributed by atoms with Crippen LogP contribution in [-0.2, 0) is 4.75 Å². The topological polar surface area (TPSA) is 20.2 Å². The Hall–Kier alpha value is -2.45. The predicted octanol–water partition coefficient (Wildman–Crippen LogP) is 6.17. The number of aliphatic hydroxyl groups is 1. The maximum absolute atomic E-state index is 9.55. The van der Waals surface area contributed by atoms with Gasteiger partial charge >= 0.3 is 0 Å². The minimum atomic E-state index is -0.320. The highest BCUT2D eigenvalue weighted by molar-refractivity contribution is 8.00. The molecule has 0 unspecified atom stereocenters. The van der Waals surface area contributed by atoms with Gasteiger partial charge in [-0.15, -0.1) is 11.8 Å². The highest BCUT2D eigenvalue weighted by Crippen LogP contribution is 2.48. The lowest BCUT2D eigenvalue weighted by atomic mass is 9.84. The van der Waals surface area contributed by atoms with Crippen molar-refractivity contribution >= 4 is 11.8 Å². The van der Waals surface area contributed by atoms with Gasteiger partial charge in [-0.05, 0) is 16.7 Å². The van der Waals surface area contributed by atoms with Gasteiger partial charge in [0.2, 0.25) is 0 Å². The zero-order valence-corrected chi connectivity index (χ0v) is 15.0. The molecule has 126 valence electrons. The van der Waals surface area contributed by atoms with Crippen molar-refractivity contribution in [3.8, 4) is 0 Å². The van der Waals surface area contributed by atoms with E-state index in [2.05, 4.69) is 79.4 Å². The average Bonchev–Trinajstić information content (AvgIpc) is 2.67. The van der Waals surface area contributed by atoms with E-state index >= 15 is 0 Å². The lowest BCUT2D eigenvalue weighted by Crippen LogP contribution is -2.26. The minimum Gasteiger partial charge on any atom is -0.513 e. The van der Waals surface area contributed by atoms with Crippen LogP contribution in [0.5, 0.6) is 0 Å². The molecule has 3 aromatic carbocycles. The molecule has 0 bridgehead atoms. The molecule has 0 atom stereocenters. The molecule has 0 aromatic heterocycles. The van der Waals surface area contributed by atoms with Gasteiger partial charge in [-0.2, -0.15) is 0 Å². The van der Waals surface area contributed by atoms with E-state index < -0.39 is 0 Å². The molecule has 0 aliphatic rings. The zero-order valence-electron chi connectivity index (χ0n) is 14.1. The summed E-state index contributed by atoms with van der Waals surface area (Å²) >= 11 is 1.84. The molecular formula is C23H22OS. The van der Waals surface area contributed by atoms with Crippen LogP contribution in [0.1, 0.15) is 23.1 Å². The van der Waals surface area contributed by atoms with Gasteiger partial charge in [0.15, 0.2) is 0 Å². The van der Waals surface area contributed by atoms with E-state index in [0.717, 1.165) is 5.75 Å². The second kappa shape index (κ2) is 8.09. The summed E-state index contributed by atoms with van der Waals surface area (Å²) in [5.74, 6) is 1.02. The Labute approximate surface area is 154 Å². The summed E-state index contributed by atoms with van der Waals surface area (Å²) in [7, 11) is 0. The van der Waals surface area contributed by atoms with Crippen molar-refractivity contribution in [3.63, 3.8) is 0 Å². The molecule has 0 amide bonds. The van der Waals surface area contributed by atoms with E-state index in [-0.39, 0.29) is 10.5 Å². The van der Waals surface area contributed by atoms with Crippen LogP contribution in [0.4, 0.5) is 0 Å². The molecule has 1 nitrogen and oxygen atoms in total. The maximum Gasteiger partial charge on any atom is 0.0907 e. The van der Waals surface area contributed by atoms with Gasteiger partial charge in [0.05, 0.1) is 10.5 Å². The molecule has 25 heavy (non-hydrogen) atoms. The Balaban J connectivity index is 2.18. The molecule has 2 heteroatoms. The summed E-state index contributed by atoms with van der Waals surface area (Å²) in [6.45, 7) is 3.64. The van der Waals surface area contributed by atoms with Crippen LogP contribution < -0.4 is 0 Å². The number of benzene rings is 3. The van der Waals surface area contributed by atoms with Gasteiger partial charge < -0.3 is 5.11 Å². The Bertz CT molecular complexity index is 701. The van der Waals surface area contributed by atoms with E-state index in [1.165, 1.54) is 16.7 Å². The molecule has 1 N–H and O–H groups in total. The first-order valence-corrected chi connectivity index (χ1v) is 9.39. The third-order valence-electron chi connectivity index (χ3n) is 4.25. The van der Waals surface area contributed by atoms with Crippen LogP contribution >= 0.6 is 11.8 Å². The van der Waals surface area contributed by atoms with Gasteiger partial charge in [-0.25, -0.2) is 0 Å². The smallest absolute Gasteiger partial charge is 0.0907 e. The van der Waals surface area contributed by atoms with Crippen molar-refractivity contribution in [2.75, 3.05) is 5.75 Å². The average molecular weight is 346 g/mol. The largest absolute Gasteiger partial charge is 0.513 e. The van der Waals surface area contributed by atoms with Gasteiger partial charge in [0.1, 0.15) is 0 Å². The summed E-state index contributed by atoms with van der Waals surface area (Å²) in [4.78, 5) is 0. The van der Waals surface area contributed by atoms with Crippen LogP contribution in [0, 0.1) is 0 Å². The monoisotopic (exact) mass is 346 g/mol. The number of hydrogen-bond donors (Lipinski definition) is 1. The quantitative estimate of drug-likeness (QED) is 0.407. The van der Waals surface area contributed by atoms with Crippen molar-refractivity contribution in [1.29, 1.82) is 0 Å². The van der Waals surface area contributed by atoms with E-state index in [9.17, 15) is 5.11 Å². The van der Waals surface area contributed by atoms with Crippen LogP contribution in [-0.4, -0.2) is 10.9 Å². The van der Waals surface area contributed by atoms with Crippen molar-refractivity contribution < 1.29 is 5.11 Å². The minimum absolute atomic E-state index is 0.232. The van der Waals surface area contributed by atoms with Crippen molar-refractivity contribution in [2.45, 2.75) is 11.2 Å². The van der Waals surface area contributed by atoms with Crippen LogP contribution in [0.15, 0.2) is 103 Å². The first-order chi connectivity index (χ1) is 12.2. The first-order valence-electron chi connectivity index (χ1n) is 8.41. The second-order valence-electron chi connectivity index (χ2n) is 5.94. The summed E-state index contributed by atoms with van der Waals surface area (Å²) in [6, 6.07) is 31.7. The lowest BCUT2D eigenvalue weighted by molar-refractivity contribution is 0.398. The third-order valence-corrected chi connectivity index (χ3v) is 5.80. The molecule has 0 saturated heterocycles. The highest BCUT2D eigenvalue weighted by Gasteiger charge is 2.36. The molecule has 0 saturated carbocycles. The molecule has 0 fully saturated rings. The summed E-state index contributed by atoms with van der Waals surface area (Å²) in [6.07, 6.45) is 0.582. The van der Waals surface area contributed by atoms with E-state index in [1.807, 2.05) is 30.0 Å². The van der Waals surface area contributed by atoms with Crippen molar-refractivity contribution in [1.82, 2.24) is 0 Å². The first kappa shape index (κ1) is 17.4. The van der Waals surface area contributed by atoms with Crippen LogP contribution in [0.25, 0.3) is 0 Å². The molecule has 3 rings (SSSR count). The molecule has 0 aliphatic heterocycles. The van der Waals surface area contributed by atoms with Gasteiger partial charge in [-0.1, -0.05) is 97.6 Å². The molecule has 0 aliphatic carbocycles. The fourth-order valence-electron chi connectivity index (χ4n) is 3.09. The van der Waals surface area contributed by atoms with Gasteiger partial charge in [0.25, 0.3) is 0 Å².